The Morgan fingerprint density at radius 2 is 2.35 bits per heavy atom. The number of rotatable bonds is 7. The first kappa shape index (κ1) is 13.7. The van der Waals surface area contributed by atoms with Crippen LogP contribution in [0.1, 0.15) is 25.8 Å². The molecule has 0 radical (unpaired) electrons. The van der Waals surface area contributed by atoms with E-state index in [4.69, 9.17) is 10.8 Å². The largest absolute Gasteiger partial charge is 0.480 e. The standard InChI is InChI=1S/C12H21N3O2/c1-12(2,9-3-5-14-7-9)8-15-6-4-10(13)11(16)17/h3,5,7,10,14-15H,4,6,8,13H2,1-2H3,(H,16,17). The normalized spacial score (nSPS) is 13.6. The number of hydrogen-bond acceptors (Lipinski definition) is 3. The van der Waals surface area contributed by atoms with Gasteiger partial charge in [-0.2, -0.15) is 0 Å². The van der Waals surface area contributed by atoms with Gasteiger partial charge >= 0.3 is 5.97 Å². The van der Waals surface area contributed by atoms with E-state index in [0.29, 0.717) is 13.0 Å². The minimum absolute atomic E-state index is 0.0211. The minimum atomic E-state index is -0.948. The van der Waals surface area contributed by atoms with Crippen molar-refractivity contribution in [2.75, 3.05) is 13.1 Å². The summed E-state index contributed by atoms with van der Waals surface area (Å²) in [5.41, 5.74) is 6.67. The van der Waals surface area contributed by atoms with E-state index in [2.05, 4.69) is 24.1 Å². The maximum absolute atomic E-state index is 10.5. The van der Waals surface area contributed by atoms with E-state index < -0.39 is 12.0 Å². The number of carboxylic acid groups (broad SMARTS) is 1. The molecule has 0 aliphatic carbocycles. The summed E-state index contributed by atoms with van der Waals surface area (Å²) in [6.45, 7) is 5.68. The van der Waals surface area contributed by atoms with E-state index in [1.807, 2.05) is 18.5 Å². The van der Waals surface area contributed by atoms with Crippen LogP contribution in [0.5, 0.6) is 0 Å². The molecular weight excluding hydrogens is 218 g/mol. The second-order valence-corrected chi connectivity index (χ2v) is 4.89. The van der Waals surface area contributed by atoms with Crippen molar-refractivity contribution in [3.63, 3.8) is 0 Å². The zero-order valence-electron chi connectivity index (χ0n) is 10.4. The Hall–Kier alpha value is -1.33. The van der Waals surface area contributed by atoms with Crippen molar-refractivity contribution in [1.29, 1.82) is 0 Å². The molecule has 0 bridgehead atoms. The molecule has 17 heavy (non-hydrogen) atoms. The molecule has 5 nitrogen and oxygen atoms in total. The highest BCUT2D eigenvalue weighted by Crippen LogP contribution is 2.21. The van der Waals surface area contributed by atoms with E-state index in [-0.39, 0.29) is 5.41 Å². The number of hydrogen-bond donors (Lipinski definition) is 4. The number of H-pyrrole nitrogens is 1. The van der Waals surface area contributed by atoms with Crippen LogP contribution in [0.25, 0.3) is 0 Å². The third-order valence-corrected chi connectivity index (χ3v) is 2.90. The Bertz CT molecular complexity index is 347. The summed E-state index contributed by atoms with van der Waals surface area (Å²) in [5, 5.41) is 11.9. The van der Waals surface area contributed by atoms with Crippen LogP contribution in [-0.4, -0.2) is 35.2 Å². The summed E-state index contributed by atoms with van der Waals surface area (Å²) in [6.07, 6.45) is 4.32. The maximum Gasteiger partial charge on any atom is 0.320 e. The summed E-state index contributed by atoms with van der Waals surface area (Å²) in [6, 6.07) is 1.27. The molecule has 1 aromatic heterocycles. The average molecular weight is 239 g/mol. The monoisotopic (exact) mass is 239 g/mol. The van der Waals surface area contributed by atoms with Gasteiger partial charge in [-0.3, -0.25) is 4.79 Å². The zero-order chi connectivity index (χ0) is 12.9. The van der Waals surface area contributed by atoms with Crippen LogP contribution >= 0.6 is 0 Å². The van der Waals surface area contributed by atoms with E-state index in [1.165, 1.54) is 5.56 Å². The van der Waals surface area contributed by atoms with Crippen molar-refractivity contribution < 1.29 is 9.90 Å². The lowest BCUT2D eigenvalue weighted by atomic mass is 9.86. The predicted octanol–water partition coefficient (Wildman–Crippen LogP) is 0.684. The molecule has 0 saturated carbocycles. The van der Waals surface area contributed by atoms with Crippen LogP contribution in [0.4, 0.5) is 0 Å². The number of aromatic nitrogens is 1. The Morgan fingerprint density at radius 1 is 1.65 bits per heavy atom. The van der Waals surface area contributed by atoms with Gasteiger partial charge in [-0.25, -0.2) is 0 Å². The summed E-state index contributed by atoms with van der Waals surface area (Å²) in [5.74, 6) is -0.948. The molecule has 1 unspecified atom stereocenters. The first-order chi connectivity index (χ1) is 7.93. The first-order valence-corrected chi connectivity index (χ1v) is 5.76. The Kier molecular flexibility index (Phi) is 4.72. The van der Waals surface area contributed by atoms with Gasteiger partial charge < -0.3 is 21.1 Å². The third kappa shape index (κ3) is 4.20. The van der Waals surface area contributed by atoms with Gasteiger partial charge in [0.25, 0.3) is 0 Å². The Balaban J connectivity index is 2.29. The highest BCUT2D eigenvalue weighted by molar-refractivity contribution is 5.72. The molecular formula is C12H21N3O2. The van der Waals surface area contributed by atoms with Crippen molar-refractivity contribution in [2.24, 2.45) is 5.73 Å². The van der Waals surface area contributed by atoms with Crippen LogP contribution in [0.3, 0.4) is 0 Å². The number of carboxylic acids is 1. The molecule has 1 atom stereocenters. The van der Waals surface area contributed by atoms with Crippen molar-refractivity contribution >= 4 is 5.97 Å². The second-order valence-electron chi connectivity index (χ2n) is 4.89. The lowest BCUT2D eigenvalue weighted by Crippen LogP contribution is -2.37. The van der Waals surface area contributed by atoms with Gasteiger partial charge in [0.2, 0.25) is 0 Å². The molecule has 0 aromatic carbocycles. The van der Waals surface area contributed by atoms with Crippen LogP contribution in [0, 0.1) is 0 Å². The molecule has 0 saturated heterocycles. The van der Waals surface area contributed by atoms with Crippen LogP contribution in [0.2, 0.25) is 0 Å². The van der Waals surface area contributed by atoms with Gasteiger partial charge in [0.05, 0.1) is 0 Å². The van der Waals surface area contributed by atoms with E-state index in [0.717, 1.165) is 6.54 Å². The summed E-state index contributed by atoms with van der Waals surface area (Å²) >= 11 is 0. The number of nitrogens with one attached hydrogen (secondary N) is 2. The van der Waals surface area contributed by atoms with Crippen molar-refractivity contribution in [3.05, 3.63) is 24.0 Å². The zero-order valence-corrected chi connectivity index (χ0v) is 10.4. The highest BCUT2D eigenvalue weighted by Gasteiger charge is 2.20. The smallest absolute Gasteiger partial charge is 0.320 e. The fourth-order valence-electron chi connectivity index (χ4n) is 1.63. The molecule has 5 N–H and O–H groups in total. The Labute approximate surface area is 101 Å². The first-order valence-electron chi connectivity index (χ1n) is 5.76. The predicted molar refractivity (Wildman–Crippen MR) is 66.9 cm³/mol. The average Bonchev–Trinajstić information content (AvgIpc) is 2.77. The molecule has 1 aromatic rings. The quantitative estimate of drug-likeness (QED) is 0.527. The fraction of sp³-hybridized carbons (Fsp3) is 0.583. The SMILES string of the molecule is CC(C)(CNCCC(N)C(=O)O)c1cc[nH]c1. The fourth-order valence-corrected chi connectivity index (χ4v) is 1.63. The molecule has 1 heterocycles. The molecule has 0 aliphatic heterocycles. The minimum Gasteiger partial charge on any atom is -0.480 e. The van der Waals surface area contributed by atoms with Gasteiger partial charge in [0, 0.05) is 24.4 Å². The number of nitrogens with two attached hydrogens (primary N) is 1. The van der Waals surface area contributed by atoms with Crippen LogP contribution in [-0.2, 0) is 10.2 Å². The maximum atomic E-state index is 10.5. The van der Waals surface area contributed by atoms with Gasteiger partial charge in [0.15, 0.2) is 0 Å². The number of aliphatic carboxylic acids is 1. The molecule has 0 aliphatic rings. The number of carbonyl (C=O) groups is 1. The lowest BCUT2D eigenvalue weighted by Gasteiger charge is -2.24. The van der Waals surface area contributed by atoms with E-state index in [1.54, 1.807) is 0 Å². The highest BCUT2D eigenvalue weighted by atomic mass is 16.4. The molecule has 1 rings (SSSR count). The number of aromatic amines is 1. The summed E-state index contributed by atoms with van der Waals surface area (Å²) in [7, 11) is 0. The van der Waals surface area contributed by atoms with Gasteiger partial charge in [0.1, 0.15) is 6.04 Å². The molecule has 5 heteroatoms. The van der Waals surface area contributed by atoms with Crippen molar-refractivity contribution in [3.8, 4) is 0 Å². The lowest BCUT2D eigenvalue weighted by molar-refractivity contribution is -0.138. The van der Waals surface area contributed by atoms with E-state index >= 15 is 0 Å². The second kappa shape index (κ2) is 5.84. The molecule has 0 spiro atoms. The van der Waals surface area contributed by atoms with E-state index in [9.17, 15) is 4.79 Å². The Morgan fingerprint density at radius 3 is 2.88 bits per heavy atom. The third-order valence-electron chi connectivity index (χ3n) is 2.90. The van der Waals surface area contributed by atoms with Crippen molar-refractivity contribution in [2.45, 2.75) is 31.7 Å². The molecule has 0 fully saturated rings. The van der Waals surface area contributed by atoms with Gasteiger partial charge in [-0.15, -0.1) is 0 Å². The molecule has 0 amide bonds. The topological polar surface area (TPSA) is 91.1 Å². The summed E-state index contributed by atoms with van der Waals surface area (Å²) in [4.78, 5) is 13.6. The van der Waals surface area contributed by atoms with Crippen LogP contribution in [0.15, 0.2) is 18.5 Å². The van der Waals surface area contributed by atoms with Crippen LogP contribution < -0.4 is 11.1 Å². The van der Waals surface area contributed by atoms with Crippen molar-refractivity contribution in [1.82, 2.24) is 10.3 Å². The summed E-state index contributed by atoms with van der Waals surface area (Å²) < 4.78 is 0. The van der Waals surface area contributed by atoms with Gasteiger partial charge in [-0.1, -0.05) is 13.8 Å². The molecule has 96 valence electrons. The van der Waals surface area contributed by atoms with Gasteiger partial charge in [-0.05, 0) is 24.6 Å².